The predicted octanol–water partition coefficient (Wildman–Crippen LogP) is 3.55. The van der Waals surface area contributed by atoms with Gasteiger partial charge in [-0.2, -0.15) is 0 Å². The standard InChI is InChI=1S/C24H27ClN2O4/c1-16(28)26-21-11-12-27(22(15-21)13-18-7-9-20(25)10-8-18)24(30)14-19-5-3-4-6-23(19)31-17(2)29/h3-10,21-22H,11-15H2,1-2H3,(H,26,28). The molecular weight excluding hydrogens is 416 g/mol. The van der Waals surface area contributed by atoms with Gasteiger partial charge in [0.25, 0.3) is 0 Å². The van der Waals surface area contributed by atoms with Crippen LogP contribution in [0.3, 0.4) is 0 Å². The molecule has 1 saturated heterocycles. The van der Waals surface area contributed by atoms with Crippen LogP contribution in [0.5, 0.6) is 5.75 Å². The molecule has 1 N–H and O–H groups in total. The van der Waals surface area contributed by atoms with Crippen LogP contribution in [0, 0.1) is 0 Å². The monoisotopic (exact) mass is 442 g/mol. The molecular formula is C24H27ClN2O4. The number of nitrogens with zero attached hydrogens (tertiary/aromatic N) is 1. The average Bonchev–Trinajstić information content (AvgIpc) is 2.70. The maximum Gasteiger partial charge on any atom is 0.308 e. The molecule has 2 unspecified atom stereocenters. The van der Waals surface area contributed by atoms with Crippen LogP contribution >= 0.6 is 11.6 Å². The summed E-state index contributed by atoms with van der Waals surface area (Å²) in [6, 6.07) is 14.7. The summed E-state index contributed by atoms with van der Waals surface area (Å²) in [4.78, 5) is 38.1. The molecule has 0 aliphatic carbocycles. The number of piperidine rings is 1. The van der Waals surface area contributed by atoms with E-state index in [0.717, 1.165) is 5.56 Å². The molecule has 31 heavy (non-hydrogen) atoms. The minimum absolute atomic E-state index is 0.0279. The third-order valence-corrected chi connectivity index (χ3v) is 5.65. The van der Waals surface area contributed by atoms with Crippen molar-refractivity contribution in [2.45, 2.75) is 51.6 Å². The lowest BCUT2D eigenvalue weighted by Crippen LogP contribution is -2.52. The van der Waals surface area contributed by atoms with Gasteiger partial charge < -0.3 is 15.0 Å². The van der Waals surface area contributed by atoms with Gasteiger partial charge in [-0.05, 0) is 43.0 Å². The van der Waals surface area contributed by atoms with Gasteiger partial charge >= 0.3 is 5.97 Å². The summed E-state index contributed by atoms with van der Waals surface area (Å²) < 4.78 is 5.26. The van der Waals surface area contributed by atoms with Crippen LogP contribution in [0.4, 0.5) is 0 Å². The highest BCUT2D eigenvalue weighted by atomic mass is 35.5. The molecule has 1 aliphatic heterocycles. The van der Waals surface area contributed by atoms with Gasteiger partial charge in [-0.25, -0.2) is 0 Å². The lowest BCUT2D eigenvalue weighted by molar-refractivity contribution is -0.135. The molecule has 1 aliphatic rings. The smallest absolute Gasteiger partial charge is 0.308 e. The first-order valence-corrected chi connectivity index (χ1v) is 10.8. The summed E-state index contributed by atoms with van der Waals surface area (Å²) in [7, 11) is 0. The van der Waals surface area contributed by atoms with Gasteiger partial charge in [0, 0.05) is 43.1 Å². The highest BCUT2D eigenvalue weighted by Gasteiger charge is 2.32. The van der Waals surface area contributed by atoms with Crippen molar-refractivity contribution < 1.29 is 19.1 Å². The fourth-order valence-corrected chi connectivity index (χ4v) is 4.18. The van der Waals surface area contributed by atoms with Gasteiger partial charge in [-0.1, -0.05) is 41.9 Å². The third kappa shape index (κ3) is 6.56. The van der Waals surface area contributed by atoms with Crippen LogP contribution < -0.4 is 10.1 Å². The zero-order chi connectivity index (χ0) is 22.4. The van der Waals surface area contributed by atoms with Crippen LogP contribution in [0.1, 0.15) is 37.8 Å². The molecule has 6 nitrogen and oxygen atoms in total. The Hall–Kier alpha value is -2.86. The second-order valence-electron chi connectivity index (χ2n) is 7.87. The maximum absolute atomic E-state index is 13.3. The van der Waals surface area contributed by atoms with Gasteiger partial charge in [-0.3, -0.25) is 14.4 Å². The number of halogens is 1. The molecule has 2 aromatic carbocycles. The molecule has 164 valence electrons. The first-order chi connectivity index (χ1) is 14.8. The quantitative estimate of drug-likeness (QED) is 0.548. The van der Waals surface area contributed by atoms with Crippen LogP contribution in [0.15, 0.2) is 48.5 Å². The van der Waals surface area contributed by atoms with E-state index in [1.54, 1.807) is 18.2 Å². The number of hydrogen-bond donors (Lipinski definition) is 1. The Morgan fingerprint density at radius 3 is 2.48 bits per heavy atom. The van der Waals surface area contributed by atoms with Crippen LogP contribution in [0.2, 0.25) is 5.02 Å². The number of esters is 1. The number of ether oxygens (including phenoxy) is 1. The van der Waals surface area contributed by atoms with E-state index < -0.39 is 5.97 Å². The molecule has 2 aromatic rings. The summed E-state index contributed by atoms with van der Waals surface area (Å²) in [5, 5.41) is 3.66. The molecule has 0 saturated carbocycles. The van der Waals surface area contributed by atoms with Crippen molar-refractivity contribution in [3.05, 3.63) is 64.7 Å². The Morgan fingerprint density at radius 1 is 1.10 bits per heavy atom. The normalized spacial score (nSPS) is 18.4. The van der Waals surface area contributed by atoms with E-state index >= 15 is 0 Å². The number of rotatable bonds is 6. The fraction of sp³-hybridized carbons (Fsp3) is 0.375. The molecule has 3 rings (SSSR count). The van der Waals surface area contributed by atoms with Crippen molar-refractivity contribution >= 4 is 29.4 Å². The molecule has 0 aromatic heterocycles. The van der Waals surface area contributed by atoms with Crippen molar-refractivity contribution in [1.82, 2.24) is 10.2 Å². The molecule has 7 heteroatoms. The van der Waals surface area contributed by atoms with E-state index in [0.29, 0.717) is 42.1 Å². The third-order valence-electron chi connectivity index (χ3n) is 5.40. The molecule has 2 atom stereocenters. The lowest BCUT2D eigenvalue weighted by Gasteiger charge is -2.40. The highest BCUT2D eigenvalue weighted by molar-refractivity contribution is 6.30. The zero-order valence-corrected chi connectivity index (χ0v) is 18.5. The predicted molar refractivity (Wildman–Crippen MR) is 119 cm³/mol. The van der Waals surface area contributed by atoms with Crippen molar-refractivity contribution in [3.8, 4) is 5.75 Å². The van der Waals surface area contributed by atoms with E-state index in [1.807, 2.05) is 35.2 Å². The molecule has 0 bridgehead atoms. The van der Waals surface area contributed by atoms with Gasteiger partial charge in [0.05, 0.1) is 6.42 Å². The topological polar surface area (TPSA) is 75.7 Å². The van der Waals surface area contributed by atoms with Crippen molar-refractivity contribution in [2.75, 3.05) is 6.54 Å². The molecule has 1 fully saturated rings. The second kappa shape index (κ2) is 10.4. The number of nitrogens with one attached hydrogen (secondary N) is 1. The minimum Gasteiger partial charge on any atom is -0.426 e. The van der Waals surface area contributed by atoms with Crippen molar-refractivity contribution in [1.29, 1.82) is 0 Å². The summed E-state index contributed by atoms with van der Waals surface area (Å²) in [6.45, 7) is 3.41. The average molecular weight is 443 g/mol. The number of carbonyl (C=O) groups excluding carboxylic acids is 3. The minimum atomic E-state index is -0.420. The Bertz CT molecular complexity index is 945. The van der Waals surface area contributed by atoms with Crippen LogP contribution in [-0.4, -0.2) is 41.3 Å². The summed E-state index contributed by atoms with van der Waals surface area (Å²) in [5.41, 5.74) is 1.76. The Balaban J connectivity index is 1.77. The van der Waals surface area contributed by atoms with E-state index in [2.05, 4.69) is 5.32 Å². The molecule has 1 heterocycles. The molecule has 0 spiro atoms. The van der Waals surface area contributed by atoms with Gasteiger partial charge in [0.1, 0.15) is 5.75 Å². The van der Waals surface area contributed by atoms with Gasteiger partial charge in [0.15, 0.2) is 0 Å². The molecule has 0 radical (unpaired) electrons. The number of amides is 2. The number of para-hydroxylation sites is 1. The van der Waals surface area contributed by atoms with Crippen LogP contribution in [0.25, 0.3) is 0 Å². The van der Waals surface area contributed by atoms with Crippen molar-refractivity contribution in [2.24, 2.45) is 0 Å². The van der Waals surface area contributed by atoms with Gasteiger partial charge in [0.2, 0.25) is 11.8 Å². The first-order valence-electron chi connectivity index (χ1n) is 10.4. The van der Waals surface area contributed by atoms with Crippen molar-refractivity contribution in [3.63, 3.8) is 0 Å². The summed E-state index contributed by atoms with van der Waals surface area (Å²) in [6.07, 6.45) is 2.20. The Morgan fingerprint density at radius 2 is 1.81 bits per heavy atom. The highest BCUT2D eigenvalue weighted by Crippen LogP contribution is 2.25. The maximum atomic E-state index is 13.3. The Labute approximate surface area is 187 Å². The first kappa shape index (κ1) is 22.8. The zero-order valence-electron chi connectivity index (χ0n) is 17.8. The lowest BCUT2D eigenvalue weighted by atomic mass is 9.91. The largest absolute Gasteiger partial charge is 0.426 e. The Kier molecular flexibility index (Phi) is 7.69. The number of hydrogen-bond acceptors (Lipinski definition) is 4. The summed E-state index contributed by atoms with van der Waals surface area (Å²) >= 11 is 6.01. The SMILES string of the molecule is CC(=O)NC1CCN(C(=O)Cc2ccccc2OC(C)=O)C(Cc2ccc(Cl)cc2)C1. The van der Waals surface area contributed by atoms with E-state index in [-0.39, 0.29) is 30.3 Å². The van der Waals surface area contributed by atoms with E-state index in [1.165, 1.54) is 13.8 Å². The van der Waals surface area contributed by atoms with E-state index in [4.69, 9.17) is 16.3 Å². The van der Waals surface area contributed by atoms with Crippen LogP contribution in [-0.2, 0) is 27.2 Å². The van der Waals surface area contributed by atoms with E-state index in [9.17, 15) is 14.4 Å². The fourth-order valence-electron chi connectivity index (χ4n) is 4.05. The molecule has 2 amide bonds. The van der Waals surface area contributed by atoms with Gasteiger partial charge in [-0.15, -0.1) is 0 Å². The number of likely N-dealkylation sites (tertiary alicyclic amines) is 1. The number of benzene rings is 2. The summed E-state index contributed by atoms with van der Waals surface area (Å²) in [5.74, 6) is -0.104. The second-order valence-corrected chi connectivity index (χ2v) is 8.31. The number of carbonyl (C=O) groups is 3.